The number of benzene rings is 1. The van der Waals surface area contributed by atoms with E-state index in [2.05, 4.69) is 43.4 Å². The normalized spacial score (nSPS) is 15.4. The SMILES string of the molecule is CCCCSc1nnc2c(n1)O[C@@H](c1ccc(Br)o1)Nc1ccccc1-2. The Balaban J connectivity index is 1.73. The molecule has 8 heteroatoms. The Hall–Kier alpha value is -2.06. The number of aromatic nitrogens is 3. The summed E-state index contributed by atoms with van der Waals surface area (Å²) in [5, 5.41) is 12.6. The third-order valence-electron chi connectivity index (χ3n) is 3.92. The molecule has 1 aromatic carbocycles. The Bertz CT molecular complexity index is 918. The molecule has 2 aromatic heterocycles. The van der Waals surface area contributed by atoms with Gasteiger partial charge in [-0.2, -0.15) is 4.98 Å². The molecule has 0 radical (unpaired) electrons. The lowest BCUT2D eigenvalue weighted by molar-refractivity contribution is 0.194. The maximum atomic E-state index is 6.13. The Morgan fingerprint density at radius 1 is 1.19 bits per heavy atom. The smallest absolute Gasteiger partial charge is 0.247 e. The predicted molar refractivity (Wildman–Crippen MR) is 104 cm³/mol. The first-order valence-electron chi connectivity index (χ1n) is 8.40. The van der Waals surface area contributed by atoms with Crippen molar-refractivity contribution in [2.45, 2.75) is 31.1 Å². The first-order chi connectivity index (χ1) is 12.7. The number of fused-ring (bicyclic) bond motifs is 3. The van der Waals surface area contributed by atoms with Crippen molar-refractivity contribution in [1.29, 1.82) is 0 Å². The number of anilines is 1. The lowest BCUT2D eigenvalue weighted by Gasteiger charge is -2.16. The van der Waals surface area contributed by atoms with Gasteiger partial charge in [-0.25, -0.2) is 0 Å². The molecule has 1 aliphatic rings. The summed E-state index contributed by atoms with van der Waals surface area (Å²) in [5.41, 5.74) is 2.42. The average Bonchev–Trinajstić information content (AvgIpc) is 3.01. The number of rotatable bonds is 5. The zero-order chi connectivity index (χ0) is 17.9. The summed E-state index contributed by atoms with van der Waals surface area (Å²) in [6.07, 6.45) is 1.74. The van der Waals surface area contributed by atoms with E-state index in [1.54, 1.807) is 11.8 Å². The molecular formula is C18H17BrN4O2S. The summed E-state index contributed by atoms with van der Waals surface area (Å²) in [5.74, 6) is 2.06. The summed E-state index contributed by atoms with van der Waals surface area (Å²) in [7, 11) is 0. The molecule has 0 saturated carbocycles. The quantitative estimate of drug-likeness (QED) is 0.433. The molecule has 0 spiro atoms. The molecule has 3 aromatic rings. The van der Waals surface area contributed by atoms with Crippen molar-refractivity contribution >= 4 is 33.4 Å². The number of nitrogens with zero attached hydrogens (tertiary/aromatic N) is 3. The van der Waals surface area contributed by atoms with Crippen LogP contribution in [-0.4, -0.2) is 20.9 Å². The molecule has 0 saturated heterocycles. The van der Waals surface area contributed by atoms with E-state index in [0.29, 0.717) is 27.2 Å². The van der Waals surface area contributed by atoms with E-state index in [-0.39, 0.29) is 0 Å². The average molecular weight is 433 g/mol. The Labute approximate surface area is 163 Å². The highest BCUT2D eigenvalue weighted by atomic mass is 79.9. The molecule has 0 unspecified atom stereocenters. The van der Waals surface area contributed by atoms with Gasteiger partial charge in [0.15, 0.2) is 16.1 Å². The van der Waals surface area contributed by atoms with Crippen LogP contribution in [0.3, 0.4) is 0 Å². The molecule has 0 fully saturated rings. The van der Waals surface area contributed by atoms with Crippen LogP contribution in [0.2, 0.25) is 0 Å². The van der Waals surface area contributed by atoms with Gasteiger partial charge in [-0.05, 0) is 40.5 Å². The zero-order valence-electron chi connectivity index (χ0n) is 14.1. The van der Waals surface area contributed by atoms with Crippen molar-refractivity contribution in [1.82, 2.24) is 15.2 Å². The second-order valence-corrected chi connectivity index (χ2v) is 7.62. The molecule has 3 heterocycles. The van der Waals surface area contributed by atoms with Crippen molar-refractivity contribution < 1.29 is 9.15 Å². The van der Waals surface area contributed by atoms with Crippen LogP contribution >= 0.6 is 27.7 Å². The predicted octanol–water partition coefficient (Wildman–Crippen LogP) is 5.29. The van der Waals surface area contributed by atoms with Crippen molar-refractivity contribution in [2.24, 2.45) is 0 Å². The molecule has 134 valence electrons. The van der Waals surface area contributed by atoms with Gasteiger partial charge < -0.3 is 14.5 Å². The summed E-state index contributed by atoms with van der Waals surface area (Å²) in [4.78, 5) is 4.60. The van der Waals surface area contributed by atoms with Crippen LogP contribution in [0.5, 0.6) is 5.88 Å². The number of nitrogens with one attached hydrogen (secondary N) is 1. The van der Waals surface area contributed by atoms with Crippen LogP contribution in [0.1, 0.15) is 31.8 Å². The second kappa shape index (κ2) is 7.67. The van der Waals surface area contributed by atoms with Gasteiger partial charge in [0.25, 0.3) is 0 Å². The molecule has 4 rings (SSSR count). The van der Waals surface area contributed by atoms with Crippen LogP contribution in [0.15, 0.2) is 50.6 Å². The molecule has 26 heavy (non-hydrogen) atoms. The fraction of sp³-hybridized carbons (Fsp3) is 0.278. The highest BCUT2D eigenvalue weighted by Gasteiger charge is 2.27. The standard InChI is InChI=1S/C18H17BrN4O2S/c1-2-3-10-26-18-21-17-15(22-23-18)11-6-4-5-7-12(11)20-16(25-17)13-8-9-14(19)24-13/h4-9,16,20H,2-3,10H2,1H3/t16-/m0/s1. The molecule has 1 aliphatic heterocycles. The van der Waals surface area contributed by atoms with Gasteiger partial charge in [-0.1, -0.05) is 43.3 Å². The number of para-hydroxylation sites is 1. The Kier molecular flexibility index (Phi) is 5.12. The van der Waals surface area contributed by atoms with Crippen LogP contribution in [0.25, 0.3) is 11.3 Å². The van der Waals surface area contributed by atoms with E-state index in [0.717, 1.165) is 29.8 Å². The minimum absolute atomic E-state index is 0.453. The molecule has 0 amide bonds. The van der Waals surface area contributed by atoms with Gasteiger partial charge >= 0.3 is 0 Å². The number of hydrogen-bond acceptors (Lipinski definition) is 7. The van der Waals surface area contributed by atoms with Crippen LogP contribution in [-0.2, 0) is 0 Å². The lowest BCUT2D eigenvalue weighted by atomic mass is 10.1. The van der Waals surface area contributed by atoms with Gasteiger partial charge in [0, 0.05) is 17.0 Å². The number of ether oxygens (including phenoxy) is 1. The molecular weight excluding hydrogens is 416 g/mol. The van der Waals surface area contributed by atoms with Crippen LogP contribution in [0.4, 0.5) is 5.69 Å². The van der Waals surface area contributed by atoms with E-state index in [4.69, 9.17) is 9.15 Å². The maximum Gasteiger partial charge on any atom is 0.247 e. The van der Waals surface area contributed by atoms with Crippen LogP contribution < -0.4 is 10.1 Å². The highest BCUT2D eigenvalue weighted by Crippen LogP contribution is 2.39. The first-order valence-corrected chi connectivity index (χ1v) is 10.2. The number of unbranched alkanes of at least 4 members (excludes halogenated alkanes) is 1. The Morgan fingerprint density at radius 3 is 2.88 bits per heavy atom. The van der Waals surface area contributed by atoms with Gasteiger partial charge in [-0.3, -0.25) is 0 Å². The molecule has 1 atom stereocenters. The summed E-state index contributed by atoms with van der Waals surface area (Å²) in [6, 6.07) is 11.6. The van der Waals surface area contributed by atoms with Crippen molar-refractivity contribution in [3.05, 3.63) is 46.8 Å². The summed E-state index contributed by atoms with van der Waals surface area (Å²) >= 11 is 4.93. The fourth-order valence-corrected chi connectivity index (χ4v) is 3.79. The minimum Gasteiger partial charge on any atom is -0.448 e. The third kappa shape index (κ3) is 3.57. The van der Waals surface area contributed by atoms with E-state index < -0.39 is 6.23 Å². The number of hydrogen-bond donors (Lipinski definition) is 1. The monoisotopic (exact) mass is 432 g/mol. The molecule has 0 aliphatic carbocycles. The van der Waals surface area contributed by atoms with E-state index >= 15 is 0 Å². The highest BCUT2D eigenvalue weighted by molar-refractivity contribution is 9.10. The van der Waals surface area contributed by atoms with Crippen molar-refractivity contribution in [3.63, 3.8) is 0 Å². The van der Waals surface area contributed by atoms with Crippen LogP contribution in [0, 0.1) is 0 Å². The van der Waals surface area contributed by atoms with Crippen molar-refractivity contribution in [3.8, 4) is 17.1 Å². The zero-order valence-corrected chi connectivity index (χ0v) is 16.5. The van der Waals surface area contributed by atoms with Gasteiger partial charge in [0.1, 0.15) is 0 Å². The summed E-state index contributed by atoms with van der Waals surface area (Å²) < 4.78 is 12.5. The first kappa shape index (κ1) is 17.4. The minimum atomic E-state index is -0.506. The number of halogens is 1. The van der Waals surface area contributed by atoms with Gasteiger partial charge in [0.05, 0.1) is 0 Å². The molecule has 0 bridgehead atoms. The summed E-state index contributed by atoms with van der Waals surface area (Å²) in [6.45, 7) is 2.16. The van der Waals surface area contributed by atoms with Gasteiger partial charge in [-0.15, -0.1) is 10.2 Å². The second-order valence-electron chi connectivity index (χ2n) is 5.78. The van der Waals surface area contributed by atoms with Crippen molar-refractivity contribution in [2.75, 3.05) is 11.1 Å². The maximum absolute atomic E-state index is 6.13. The Morgan fingerprint density at radius 2 is 2.08 bits per heavy atom. The molecule has 1 N–H and O–H groups in total. The van der Waals surface area contributed by atoms with E-state index in [1.165, 1.54) is 0 Å². The number of thioether (sulfide) groups is 1. The lowest BCUT2D eigenvalue weighted by Crippen LogP contribution is -2.16. The largest absolute Gasteiger partial charge is 0.448 e. The molecule has 6 nitrogen and oxygen atoms in total. The van der Waals surface area contributed by atoms with E-state index in [9.17, 15) is 0 Å². The third-order valence-corrected chi connectivity index (χ3v) is 5.27. The number of furan rings is 1. The van der Waals surface area contributed by atoms with Gasteiger partial charge in [0.2, 0.25) is 17.3 Å². The fourth-order valence-electron chi connectivity index (χ4n) is 2.61. The van der Waals surface area contributed by atoms with E-state index in [1.807, 2.05) is 36.4 Å². The topological polar surface area (TPSA) is 73.1 Å².